The predicted molar refractivity (Wildman–Crippen MR) is 97.4 cm³/mol. The number of hydrogen-bond acceptors (Lipinski definition) is 6. The molecule has 1 aliphatic rings. The molecule has 138 valence electrons. The van der Waals surface area contributed by atoms with Crippen LogP contribution in [-0.2, 0) is 14.8 Å². The second kappa shape index (κ2) is 8.30. The largest absolute Gasteiger partial charge is 0.493 e. The molecule has 0 aliphatic heterocycles. The third-order valence-electron chi connectivity index (χ3n) is 3.68. The summed E-state index contributed by atoms with van der Waals surface area (Å²) in [5.74, 6) is 0.832. The summed E-state index contributed by atoms with van der Waals surface area (Å²) in [6.45, 7) is 0.898. The summed E-state index contributed by atoms with van der Waals surface area (Å²) in [6, 6.07) is 5.15. The first-order valence-electron chi connectivity index (χ1n) is 8.02. The number of sulfonamides is 1. The van der Waals surface area contributed by atoms with Crippen LogP contribution in [0.5, 0.6) is 5.75 Å². The average Bonchev–Trinajstić information content (AvgIpc) is 3.36. The lowest BCUT2D eigenvalue weighted by atomic mass is 10.1. The smallest absolute Gasteiger partial charge is 0.270 e. The van der Waals surface area contributed by atoms with Crippen LogP contribution < -0.4 is 20.5 Å². The molecule has 0 atom stereocenters. The van der Waals surface area contributed by atoms with Crippen LogP contribution in [0.3, 0.4) is 0 Å². The molecule has 0 aromatic heterocycles. The van der Waals surface area contributed by atoms with Gasteiger partial charge in [0.1, 0.15) is 11.5 Å². The Hall–Kier alpha value is -2.13. The molecular weight excluding hydrogens is 344 g/mol. The lowest BCUT2D eigenvalue weighted by Gasteiger charge is -2.12. The van der Waals surface area contributed by atoms with E-state index in [0.29, 0.717) is 29.5 Å². The van der Waals surface area contributed by atoms with Gasteiger partial charge in [0.25, 0.3) is 5.91 Å². The summed E-state index contributed by atoms with van der Waals surface area (Å²) in [5, 5.41) is 2.62. The van der Waals surface area contributed by atoms with Crippen LogP contribution in [0, 0.1) is 5.92 Å². The maximum Gasteiger partial charge on any atom is 0.270 e. The van der Waals surface area contributed by atoms with Gasteiger partial charge in [-0.25, -0.2) is 13.1 Å². The first kappa shape index (κ1) is 19.2. The van der Waals surface area contributed by atoms with Crippen LogP contribution in [0.4, 0.5) is 5.69 Å². The minimum atomic E-state index is -3.29. The van der Waals surface area contributed by atoms with E-state index in [1.54, 1.807) is 18.2 Å². The van der Waals surface area contributed by atoms with Crippen LogP contribution in [0.1, 0.15) is 18.4 Å². The second-order valence-electron chi connectivity index (χ2n) is 6.00. The van der Waals surface area contributed by atoms with Gasteiger partial charge < -0.3 is 15.8 Å². The van der Waals surface area contributed by atoms with E-state index in [-0.39, 0.29) is 18.8 Å². The quantitative estimate of drug-likeness (QED) is 0.325. The highest BCUT2D eigenvalue weighted by Gasteiger charge is 2.22. The minimum absolute atomic E-state index is 0.0988. The van der Waals surface area contributed by atoms with Gasteiger partial charge in [-0.05, 0) is 37.0 Å². The molecule has 2 rings (SSSR count). The fourth-order valence-electron chi connectivity index (χ4n) is 2.17. The molecule has 1 fully saturated rings. The maximum absolute atomic E-state index is 12.3. The van der Waals surface area contributed by atoms with E-state index in [2.05, 4.69) is 15.0 Å². The molecule has 1 aromatic rings. The van der Waals surface area contributed by atoms with E-state index < -0.39 is 15.9 Å². The van der Waals surface area contributed by atoms with Gasteiger partial charge in [-0.15, -0.1) is 0 Å². The van der Waals surface area contributed by atoms with Crippen LogP contribution >= 0.6 is 0 Å². The Morgan fingerprint density at radius 2 is 2.08 bits per heavy atom. The monoisotopic (exact) mass is 368 g/mol. The number of nitrogens with one attached hydrogen (secondary N) is 2. The van der Waals surface area contributed by atoms with Crippen molar-refractivity contribution in [2.75, 3.05) is 38.7 Å². The molecule has 0 spiro atoms. The summed E-state index contributed by atoms with van der Waals surface area (Å²) in [6.07, 6.45) is 3.43. The van der Waals surface area contributed by atoms with E-state index in [0.717, 1.165) is 6.26 Å². The average molecular weight is 368 g/mol. The fraction of sp³-hybridized carbons (Fsp3) is 0.500. The van der Waals surface area contributed by atoms with Crippen LogP contribution in [0.2, 0.25) is 0 Å². The Bertz CT molecular complexity index is 757. The van der Waals surface area contributed by atoms with Crippen molar-refractivity contribution < 1.29 is 17.9 Å². The van der Waals surface area contributed by atoms with Crippen LogP contribution in [0.15, 0.2) is 23.2 Å². The molecule has 0 unspecified atom stereocenters. The Morgan fingerprint density at radius 3 is 2.68 bits per heavy atom. The van der Waals surface area contributed by atoms with Gasteiger partial charge in [-0.2, -0.15) is 0 Å². The Morgan fingerprint density at radius 1 is 1.36 bits per heavy atom. The molecule has 1 saturated carbocycles. The number of nitrogen functional groups attached to an aromatic ring is 1. The SMILES string of the molecule is CN=C(C(=O)NCCNS(C)(=O)=O)c1cc(OCC2CC2)ccc1N. The van der Waals surface area contributed by atoms with E-state index in [1.165, 1.54) is 19.9 Å². The summed E-state index contributed by atoms with van der Waals surface area (Å²) in [5.41, 5.74) is 7.06. The minimum Gasteiger partial charge on any atom is -0.493 e. The molecule has 1 aromatic carbocycles. The van der Waals surface area contributed by atoms with Crippen LogP contribution in [0.25, 0.3) is 0 Å². The molecule has 1 amide bonds. The highest BCUT2D eigenvalue weighted by atomic mass is 32.2. The van der Waals surface area contributed by atoms with Gasteiger partial charge in [0.2, 0.25) is 10.0 Å². The van der Waals surface area contributed by atoms with Gasteiger partial charge in [-0.1, -0.05) is 0 Å². The van der Waals surface area contributed by atoms with Gasteiger partial charge in [0, 0.05) is 31.4 Å². The second-order valence-corrected chi connectivity index (χ2v) is 7.83. The highest BCUT2D eigenvalue weighted by molar-refractivity contribution is 7.88. The van der Waals surface area contributed by atoms with Crippen molar-refractivity contribution in [1.29, 1.82) is 0 Å². The third kappa shape index (κ3) is 6.35. The summed E-state index contributed by atoms with van der Waals surface area (Å²) >= 11 is 0. The maximum atomic E-state index is 12.3. The fourth-order valence-corrected chi connectivity index (χ4v) is 2.64. The Kier molecular flexibility index (Phi) is 6.38. The van der Waals surface area contributed by atoms with Gasteiger partial charge in [-0.3, -0.25) is 9.79 Å². The summed E-state index contributed by atoms with van der Waals surface area (Å²) in [7, 11) is -1.79. The molecule has 0 radical (unpaired) electrons. The number of ether oxygens (including phenoxy) is 1. The number of aliphatic imine (C=N–C) groups is 1. The normalized spacial score (nSPS) is 15.0. The molecule has 25 heavy (non-hydrogen) atoms. The number of rotatable bonds is 9. The van der Waals surface area contributed by atoms with Crippen molar-refractivity contribution in [2.45, 2.75) is 12.8 Å². The zero-order valence-electron chi connectivity index (χ0n) is 14.4. The Balaban J connectivity index is 2.00. The van der Waals surface area contributed by atoms with Crippen molar-refractivity contribution in [3.63, 3.8) is 0 Å². The molecule has 8 nitrogen and oxygen atoms in total. The number of benzene rings is 1. The first-order valence-corrected chi connectivity index (χ1v) is 9.91. The molecule has 0 saturated heterocycles. The summed E-state index contributed by atoms with van der Waals surface area (Å²) in [4.78, 5) is 16.3. The topological polar surface area (TPSA) is 123 Å². The number of nitrogens with two attached hydrogens (primary N) is 1. The number of carbonyl (C=O) groups is 1. The van der Waals surface area contributed by atoms with Crippen molar-refractivity contribution in [2.24, 2.45) is 10.9 Å². The van der Waals surface area contributed by atoms with Gasteiger partial charge in [0.05, 0.1) is 12.9 Å². The van der Waals surface area contributed by atoms with E-state index >= 15 is 0 Å². The molecule has 0 bridgehead atoms. The lowest BCUT2D eigenvalue weighted by Crippen LogP contribution is -2.38. The van der Waals surface area contributed by atoms with Crippen molar-refractivity contribution in [3.8, 4) is 5.75 Å². The lowest BCUT2D eigenvalue weighted by molar-refractivity contribution is -0.114. The highest BCUT2D eigenvalue weighted by Crippen LogP contribution is 2.30. The molecular formula is C16H24N4O4S. The van der Waals surface area contributed by atoms with Crippen LogP contribution in [-0.4, -0.2) is 53.0 Å². The molecule has 4 N–H and O–H groups in total. The zero-order chi connectivity index (χ0) is 18.4. The number of carbonyl (C=O) groups excluding carboxylic acids is 1. The zero-order valence-corrected chi connectivity index (χ0v) is 15.2. The van der Waals surface area contributed by atoms with E-state index in [4.69, 9.17) is 10.5 Å². The first-order chi connectivity index (χ1) is 11.8. The van der Waals surface area contributed by atoms with Gasteiger partial charge in [0.15, 0.2) is 0 Å². The number of anilines is 1. The van der Waals surface area contributed by atoms with Crippen molar-refractivity contribution >= 4 is 27.3 Å². The van der Waals surface area contributed by atoms with Crippen molar-refractivity contribution in [1.82, 2.24) is 10.0 Å². The molecule has 1 aliphatic carbocycles. The third-order valence-corrected chi connectivity index (χ3v) is 4.40. The number of nitrogens with zero attached hydrogens (tertiary/aromatic N) is 1. The predicted octanol–water partition coefficient (Wildman–Crippen LogP) is 0.142. The Labute approximate surface area is 147 Å². The van der Waals surface area contributed by atoms with Crippen molar-refractivity contribution in [3.05, 3.63) is 23.8 Å². The number of amides is 1. The standard InChI is InChI=1S/C16H24N4O4S/c1-18-15(16(21)19-7-8-20-25(2,22)23)13-9-12(5-6-14(13)17)24-10-11-3-4-11/h5-6,9,11,20H,3-4,7-8,10,17H2,1-2H3,(H,19,21). The number of hydrogen-bond donors (Lipinski definition) is 3. The molecule has 9 heteroatoms. The van der Waals surface area contributed by atoms with E-state index in [1.807, 2.05) is 0 Å². The van der Waals surface area contributed by atoms with E-state index in [9.17, 15) is 13.2 Å². The summed E-state index contributed by atoms with van der Waals surface area (Å²) < 4.78 is 30.0. The van der Waals surface area contributed by atoms with Gasteiger partial charge >= 0.3 is 0 Å². The molecule has 0 heterocycles.